The smallest absolute Gasteiger partial charge is 0.416 e. The number of benzene rings is 3. The van der Waals surface area contributed by atoms with E-state index in [2.05, 4.69) is 10.6 Å². The van der Waals surface area contributed by atoms with E-state index in [9.17, 15) is 26.0 Å². The van der Waals surface area contributed by atoms with Crippen LogP contribution in [0.25, 0.3) is 11.6 Å². The minimum Gasteiger partial charge on any atom is -0.489 e. The maximum Gasteiger partial charge on any atom is 0.416 e. The number of allylic oxidation sites excluding steroid dienone is 1. The lowest BCUT2D eigenvalue weighted by atomic mass is 10.0. The van der Waals surface area contributed by atoms with Crippen molar-refractivity contribution in [2.45, 2.75) is 31.3 Å². The standard InChI is InChI=1S/C24H18ClF4NO3S.C3H10N4/c1-15(23-19(25)6-3-7-20(23)26)12-16-8-9-22-21(13-16)30(10-11-33-22)34(31,32)18-5-2-4-17(14-18)24(27,28)29;1-2-3(4)6-7-5/h2-9,12-14H,10-11H2,1H3;7H,2,5H2,1H3,(H2,4,6)/b15-12+;. The van der Waals surface area contributed by atoms with Crippen molar-refractivity contribution in [1.29, 1.82) is 0 Å². The molecule has 0 amide bonds. The molecule has 0 bridgehead atoms. The molecule has 1 aliphatic rings. The number of rotatable bonds is 6. The lowest BCUT2D eigenvalue weighted by Gasteiger charge is -2.31. The van der Waals surface area contributed by atoms with Gasteiger partial charge in [0.25, 0.3) is 10.0 Å². The summed E-state index contributed by atoms with van der Waals surface area (Å²) in [5.74, 6) is 5.06. The van der Waals surface area contributed by atoms with Gasteiger partial charge in [-0.3, -0.25) is 4.31 Å². The summed E-state index contributed by atoms with van der Waals surface area (Å²) in [5, 5.41) is 3.69. The molecule has 0 unspecified atom stereocenters. The number of nitrogens with two attached hydrogens (primary N) is 2. The highest BCUT2D eigenvalue weighted by Crippen LogP contribution is 2.38. The fraction of sp³-hybridized carbons (Fsp3) is 0.222. The van der Waals surface area contributed by atoms with Gasteiger partial charge in [-0.05, 0) is 60.5 Å². The van der Waals surface area contributed by atoms with Gasteiger partial charge in [0.1, 0.15) is 24.0 Å². The van der Waals surface area contributed by atoms with Crippen LogP contribution >= 0.6 is 11.6 Å². The first kappa shape index (κ1) is 31.7. The Kier molecular flexibility index (Phi) is 10.2. The van der Waals surface area contributed by atoms with Crippen LogP contribution in [0.1, 0.15) is 37.0 Å². The number of halogens is 5. The number of fused-ring (bicyclic) bond motifs is 1. The lowest BCUT2D eigenvalue weighted by Crippen LogP contribution is -2.38. The molecule has 41 heavy (non-hydrogen) atoms. The molecule has 1 aliphatic heterocycles. The molecule has 0 fully saturated rings. The molecule has 14 heteroatoms. The zero-order valence-corrected chi connectivity index (χ0v) is 23.6. The number of hydrazine groups is 1. The second-order valence-corrected chi connectivity index (χ2v) is 11.0. The predicted molar refractivity (Wildman–Crippen MR) is 152 cm³/mol. The third-order valence-electron chi connectivity index (χ3n) is 5.86. The number of nitrogens with one attached hydrogen (secondary N) is 1. The third-order valence-corrected chi connectivity index (χ3v) is 7.99. The number of nitrogens with zero attached hydrogens (tertiary/aromatic N) is 2. The highest BCUT2D eigenvalue weighted by Gasteiger charge is 2.34. The van der Waals surface area contributed by atoms with Crippen LogP contribution in [0.15, 0.2) is 70.7 Å². The quantitative estimate of drug-likeness (QED) is 0.0809. The van der Waals surface area contributed by atoms with Crippen molar-refractivity contribution in [1.82, 2.24) is 5.53 Å². The number of ether oxygens (including phenoxy) is 1. The van der Waals surface area contributed by atoms with E-state index < -0.39 is 32.5 Å². The fourth-order valence-corrected chi connectivity index (χ4v) is 5.68. The Bertz CT molecular complexity index is 1540. The molecule has 0 radical (unpaired) electrons. The molecular weight excluding hydrogens is 586 g/mol. The van der Waals surface area contributed by atoms with Gasteiger partial charge in [-0.2, -0.15) is 18.3 Å². The first-order valence-corrected chi connectivity index (χ1v) is 14.0. The van der Waals surface area contributed by atoms with Crippen molar-refractivity contribution in [3.05, 3.63) is 88.2 Å². The number of hydrogen-bond donors (Lipinski definition) is 3. The maximum absolute atomic E-state index is 14.3. The van der Waals surface area contributed by atoms with Crippen LogP contribution in [0.4, 0.5) is 23.2 Å². The number of anilines is 1. The Labute approximate surface area is 240 Å². The lowest BCUT2D eigenvalue weighted by molar-refractivity contribution is -0.137. The van der Waals surface area contributed by atoms with E-state index in [1.165, 1.54) is 18.2 Å². The summed E-state index contributed by atoms with van der Waals surface area (Å²) < 4.78 is 86.9. The highest BCUT2D eigenvalue weighted by atomic mass is 35.5. The molecule has 0 saturated carbocycles. The topological polar surface area (TPSA) is 123 Å². The Morgan fingerprint density at radius 2 is 1.88 bits per heavy atom. The summed E-state index contributed by atoms with van der Waals surface area (Å²) in [7, 11) is -4.32. The van der Waals surface area contributed by atoms with E-state index in [1.54, 1.807) is 31.2 Å². The predicted octanol–water partition coefficient (Wildman–Crippen LogP) is 5.78. The van der Waals surface area contributed by atoms with Crippen molar-refractivity contribution in [2.75, 3.05) is 17.5 Å². The Balaban J connectivity index is 0.000000587. The van der Waals surface area contributed by atoms with Crippen LogP contribution in [0.2, 0.25) is 5.02 Å². The van der Waals surface area contributed by atoms with Gasteiger partial charge in [-0.1, -0.05) is 42.8 Å². The molecule has 4 rings (SSSR count). The van der Waals surface area contributed by atoms with Crippen LogP contribution in [-0.2, 0) is 16.2 Å². The van der Waals surface area contributed by atoms with E-state index in [0.717, 1.165) is 28.9 Å². The van der Waals surface area contributed by atoms with E-state index in [-0.39, 0.29) is 35.2 Å². The fourth-order valence-electron chi connectivity index (χ4n) is 3.87. The number of hydrogen-bond acceptors (Lipinski definition) is 6. The average molecular weight is 614 g/mol. The van der Waals surface area contributed by atoms with Crippen LogP contribution < -0.4 is 26.2 Å². The maximum atomic E-state index is 14.3. The summed E-state index contributed by atoms with van der Waals surface area (Å²) in [6.45, 7) is 3.51. The summed E-state index contributed by atoms with van der Waals surface area (Å²) in [4.78, 5) is -0.481. The van der Waals surface area contributed by atoms with Gasteiger partial charge in [0.05, 0.1) is 27.7 Å². The van der Waals surface area contributed by atoms with E-state index in [0.29, 0.717) is 23.0 Å². The molecule has 0 atom stereocenters. The first-order chi connectivity index (χ1) is 19.3. The number of hydrazone groups is 1. The molecule has 3 aromatic carbocycles. The zero-order valence-electron chi connectivity index (χ0n) is 22.0. The van der Waals surface area contributed by atoms with Gasteiger partial charge in [-0.15, -0.1) is 0 Å². The first-order valence-electron chi connectivity index (χ1n) is 12.2. The highest BCUT2D eigenvalue weighted by molar-refractivity contribution is 7.92. The van der Waals surface area contributed by atoms with Gasteiger partial charge in [-0.25, -0.2) is 24.2 Å². The number of alkyl halides is 3. The normalized spacial score (nSPS) is 14.0. The Hall–Kier alpha value is -3.81. The minimum absolute atomic E-state index is 0.0320. The minimum atomic E-state index is -4.68. The van der Waals surface area contributed by atoms with Crippen molar-refractivity contribution in [3.63, 3.8) is 0 Å². The van der Waals surface area contributed by atoms with Gasteiger partial charge in [0.15, 0.2) is 0 Å². The Morgan fingerprint density at radius 3 is 2.49 bits per heavy atom. The van der Waals surface area contributed by atoms with Crippen molar-refractivity contribution in [2.24, 2.45) is 16.7 Å². The zero-order chi connectivity index (χ0) is 30.4. The summed E-state index contributed by atoms with van der Waals surface area (Å²) in [6, 6.07) is 12.7. The molecule has 1 heterocycles. The monoisotopic (exact) mass is 613 g/mol. The van der Waals surface area contributed by atoms with E-state index in [4.69, 9.17) is 27.9 Å². The van der Waals surface area contributed by atoms with Gasteiger partial charge in [0, 0.05) is 12.0 Å². The molecule has 3 aromatic rings. The molecule has 0 aliphatic carbocycles. The Morgan fingerprint density at radius 1 is 1.17 bits per heavy atom. The second-order valence-electron chi connectivity index (χ2n) is 8.69. The third kappa shape index (κ3) is 7.69. The summed E-state index contributed by atoms with van der Waals surface area (Å²) in [5.41, 5.74) is 7.64. The molecule has 0 aromatic heterocycles. The van der Waals surface area contributed by atoms with Crippen LogP contribution in [-0.4, -0.2) is 27.4 Å². The molecule has 220 valence electrons. The second kappa shape index (κ2) is 13.2. The molecular formula is C27H28ClF4N5O3S. The van der Waals surface area contributed by atoms with Crippen LogP contribution in [0.5, 0.6) is 5.75 Å². The van der Waals surface area contributed by atoms with Crippen molar-refractivity contribution < 1.29 is 30.7 Å². The molecule has 0 spiro atoms. The van der Waals surface area contributed by atoms with E-state index in [1.807, 2.05) is 6.92 Å². The van der Waals surface area contributed by atoms with Crippen LogP contribution in [0.3, 0.4) is 0 Å². The van der Waals surface area contributed by atoms with Gasteiger partial charge >= 0.3 is 6.18 Å². The molecule has 5 N–H and O–H groups in total. The van der Waals surface area contributed by atoms with Crippen molar-refractivity contribution in [3.8, 4) is 5.75 Å². The molecule has 0 saturated heterocycles. The summed E-state index contributed by atoms with van der Waals surface area (Å²) in [6.07, 6.45) is -2.32. The number of sulfonamides is 1. The van der Waals surface area contributed by atoms with Crippen LogP contribution in [0, 0.1) is 5.82 Å². The SMILES string of the molecule is C/C(=C\c1ccc2c(c1)N(S(=O)(=O)c1cccc(C(F)(F)F)c1)CCO2)c1c(F)cccc1Cl.CC/C(N)=N/NN. The largest absolute Gasteiger partial charge is 0.489 e. The molecule has 8 nitrogen and oxygen atoms in total. The van der Waals surface area contributed by atoms with E-state index >= 15 is 0 Å². The average Bonchev–Trinajstić information content (AvgIpc) is 2.92. The number of amidine groups is 1. The van der Waals surface area contributed by atoms with Gasteiger partial charge in [0.2, 0.25) is 0 Å². The summed E-state index contributed by atoms with van der Waals surface area (Å²) >= 11 is 6.13. The van der Waals surface area contributed by atoms with Crippen molar-refractivity contribution >= 4 is 44.8 Å². The van der Waals surface area contributed by atoms with Gasteiger partial charge < -0.3 is 10.5 Å².